The molecule has 0 radical (unpaired) electrons. The third-order valence-electron chi connectivity index (χ3n) is 4.64. The molecule has 3 aromatic rings. The largest absolute Gasteiger partial charge is 0.444 e. The number of amides is 1. The van der Waals surface area contributed by atoms with Crippen molar-refractivity contribution >= 4 is 44.5 Å². The van der Waals surface area contributed by atoms with Gasteiger partial charge in [0, 0.05) is 30.7 Å². The predicted molar refractivity (Wildman–Crippen MR) is 111 cm³/mol. The molecule has 1 aromatic carbocycles. The van der Waals surface area contributed by atoms with Crippen molar-refractivity contribution in [3.05, 3.63) is 28.5 Å². The number of aromatic nitrogens is 4. The van der Waals surface area contributed by atoms with Crippen LogP contribution in [0.15, 0.2) is 22.9 Å². The fraction of sp³-hybridized carbons (Fsp3) is 0.474. The van der Waals surface area contributed by atoms with Crippen molar-refractivity contribution < 1.29 is 9.53 Å². The maximum atomic E-state index is 12.3. The minimum atomic E-state index is -0.494. The minimum absolute atomic E-state index is 0.274. The molecule has 1 aliphatic heterocycles. The Balaban J connectivity index is 1.63. The Morgan fingerprint density at radius 1 is 1.18 bits per heavy atom. The van der Waals surface area contributed by atoms with Crippen LogP contribution in [0.5, 0.6) is 0 Å². The first-order valence-corrected chi connectivity index (χ1v) is 10.0. The van der Waals surface area contributed by atoms with Crippen LogP contribution in [0.3, 0.4) is 0 Å². The summed E-state index contributed by atoms with van der Waals surface area (Å²) in [5, 5.41) is 8.39. The average molecular weight is 447 g/mol. The van der Waals surface area contributed by atoms with E-state index in [1.807, 2.05) is 32.1 Å². The Morgan fingerprint density at radius 2 is 1.89 bits per heavy atom. The second-order valence-corrected chi connectivity index (χ2v) is 8.88. The van der Waals surface area contributed by atoms with E-state index in [4.69, 9.17) is 9.72 Å². The van der Waals surface area contributed by atoms with Crippen molar-refractivity contribution in [1.29, 1.82) is 0 Å². The number of fused-ring (bicyclic) bond motifs is 3. The van der Waals surface area contributed by atoms with E-state index in [0.29, 0.717) is 26.2 Å². The third-order valence-corrected chi connectivity index (χ3v) is 5.25. The van der Waals surface area contributed by atoms with Gasteiger partial charge < -0.3 is 14.5 Å². The van der Waals surface area contributed by atoms with Gasteiger partial charge in [-0.1, -0.05) is 0 Å². The molecule has 1 fully saturated rings. The first kappa shape index (κ1) is 18.9. The zero-order valence-electron chi connectivity index (χ0n) is 16.4. The van der Waals surface area contributed by atoms with Crippen molar-refractivity contribution in [3.8, 4) is 0 Å². The van der Waals surface area contributed by atoms with Crippen LogP contribution in [-0.2, 0) is 4.74 Å². The van der Waals surface area contributed by atoms with Gasteiger partial charge >= 0.3 is 6.09 Å². The molecule has 1 saturated heterocycles. The standard InChI is InChI=1S/C19H23BrN6O2/c1-12-9-13(20)15-14(10-12)26-11-21-23-17(26)16(22-15)24-5-7-25(8-6-24)18(27)28-19(2,3)4/h9-11H,5-8H2,1-4H3. The molecule has 0 unspecified atom stereocenters. The number of hydrogen-bond donors (Lipinski definition) is 0. The normalized spacial score (nSPS) is 15.5. The van der Waals surface area contributed by atoms with Crippen LogP contribution in [-0.4, -0.2) is 62.4 Å². The van der Waals surface area contributed by atoms with Crippen LogP contribution in [0.1, 0.15) is 26.3 Å². The number of benzene rings is 1. The highest BCUT2D eigenvalue weighted by Gasteiger charge is 2.28. The summed E-state index contributed by atoms with van der Waals surface area (Å²) >= 11 is 3.63. The molecule has 4 rings (SSSR count). The molecule has 0 bridgehead atoms. The third kappa shape index (κ3) is 3.50. The first-order chi connectivity index (χ1) is 13.2. The molecule has 0 aliphatic carbocycles. The number of halogens is 1. The van der Waals surface area contributed by atoms with E-state index < -0.39 is 5.60 Å². The second-order valence-electron chi connectivity index (χ2n) is 8.03. The predicted octanol–water partition coefficient (Wildman–Crippen LogP) is 3.41. The number of rotatable bonds is 1. The Labute approximate surface area is 171 Å². The van der Waals surface area contributed by atoms with E-state index in [1.165, 1.54) is 0 Å². The lowest BCUT2D eigenvalue weighted by Gasteiger charge is -2.36. The van der Waals surface area contributed by atoms with Gasteiger partial charge in [0.05, 0.1) is 5.52 Å². The molecule has 8 nitrogen and oxygen atoms in total. The molecule has 0 spiro atoms. The maximum Gasteiger partial charge on any atom is 0.410 e. The molecule has 9 heteroatoms. The monoisotopic (exact) mass is 446 g/mol. The summed E-state index contributed by atoms with van der Waals surface area (Å²) in [6, 6.07) is 4.13. The van der Waals surface area contributed by atoms with Gasteiger partial charge in [-0.15, -0.1) is 10.2 Å². The SMILES string of the molecule is Cc1cc(Br)c2nc(N3CCN(C(=O)OC(C)(C)C)CC3)c3nncn3c2c1. The van der Waals surface area contributed by atoms with Crippen LogP contribution in [0.4, 0.5) is 10.6 Å². The second kappa shape index (κ2) is 6.88. The highest BCUT2D eigenvalue weighted by Crippen LogP contribution is 2.29. The summed E-state index contributed by atoms with van der Waals surface area (Å²) in [5.74, 6) is 0.776. The van der Waals surface area contributed by atoms with Crippen molar-refractivity contribution in [2.45, 2.75) is 33.3 Å². The van der Waals surface area contributed by atoms with Crippen LogP contribution in [0.2, 0.25) is 0 Å². The zero-order valence-corrected chi connectivity index (χ0v) is 18.0. The van der Waals surface area contributed by atoms with Crippen molar-refractivity contribution in [2.24, 2.45) is 0 Å². The summed E-state index contributed by atoms with van der Waals surface area (Å²) in [4.78, 5) is 21.1. The number of anilines is 1. The van der Waals surface area contributed by atoms with Crippen LogP contribution in [0.25, 0.3) is 16.7 Å². The van der Waals surface area contributed by atoms with E-state index >= 15 is 0 Å². The van der Waals surface area contributed by atoms with E-state index in [0.717, 1.165) is 32.5 Å². The van der Waals surface area contributed by atoms with Crippen LogP contribution in [0, 0.1) is 6.92 Å². The van der Waals surface area contributed by atoms with Crippen molar-refractivity contribution in [2.75, 3.05) is 31.1 Å². The summed E-state index contributed by atoms with van der Waals surface area (Å²) in [6.07, 6.45) is 1.44. The highest BCUT2D eigenvalue weighted by atomic mass is 79.9. The fourth-order valence-corrected chi connectivity index (χ4v) is 4.02. The topological polar surface area (TPSA) is 75.9 Å². The number of hydrogen-bond acceptors (Lipinski definition) is 6. The van der Waals surface area contributed by atoms with Gasteiger partial charge in [0.2, 0.25) is 5.65 Å². The van der Waals surface area contributed by atoms with E-state index in [-0.39, 0.29) is 6.09 Å². The number of ether oxygens (including phenoxy) is 1. The Hall–Kier alpha value is -2.42. The average Bonchev–Trinajstić information content (AvgIpc) is 3.10. The zero-order chi connectivity index (χ0) is 20.1. The molecule has 2 aromatic heterocycles. The quantitative estimate of drug-likeness (QED) is 0.569. The molecule has 148 valence electrons. The van der Waals surface area contributed by atoms with Gasteiger partial charge in [0.15, 0.2) is 5.82 Å². The number of aryl methyl sites for hydroxylation is 1. The van der Waals surface area contributed by atoms with Crippen molar-refractivity contribution in [1.82, 2.24) is 24.5 Å². The summed E-state index contributed by atoms with van der Waals surface area (Å²) in [5.41, 5.74) is 3.18. The number of piperazine rings is 1. The van der Waals surface area contributed by atoms with Gasteiger partial charge in [-0.2, -0.15) is 0 Å². The Bertz CT molecular complexity index is 1050. The lowest BCUT2D eigenvalue weighted by Crippen LogP contribution is -2.50. The Kier molecular flexibility index (Phi) is 4.65. The molecular weight excluding hydrogens is 424 g/mol. The maximum absolute atomic E-state index is 12.3. The van der Waals surface area contributed by atoms with Gasteiger partial charge in [-0.05, 0) is 61.3 Å². The molecule has 1 amide bonds. The van der Waals surface area contributed by atoms with Gasteiger partial charge in [-0.25, -0.2) is 9.78 Å². The summed E-state index contributed by atoms with van der Waals surface area (Å²) in [6.45, 7) is 10.1. The number of carbonyl (C=O) groups excluding carboxylic acids is 1. The van der Waals surface area contributed by atoms with Crippen LogP contribution < -0.4 is 4.90 Å². The summed E-state index contributed by atoms with van der Waals surface area (Å²) in [7, 11) is 0. The molecule has 3 heterocycles. The molecule has 0 N–H and O–H groups in total. The number of carbonyl (C=O) groups is 1. The van der Waals surface area contributed by atoms with E-state index in [1.54, 1.807) is 11.2 Å². The molecule has 0 saturated carbocycles. The lowest BCUT2D eigenvalue weighted by molar-refractivity contribution is 0.0240. The fourth-order valence-electron chi connectivity index (χ4n) is 3.37. The van der Waals surface area contributed by atoms with E-state index in [2.05, 4.69) is 43.2 Å². The molecule has 1 aliphatic rings. The molecule has 28 heavy (non-hydrogen) atoms. The minimum Gasteiger partial charge on any atom is -0.444 e. The summed E-state index contributed by atoms with van der Waals surface area (Å²) < 4.78 is 8.39. The van der Waals surface area contributed by atoms with Gasteiger partial charge in [0.1, 0.15) is 17.4 Å². The molecular formula is C19H23BrN6O2. The van der Waals surface area contributed by atoms with Gasteiger partial charge in [0.25, 0.3) is 0 Å². The van der Waals surface area contributed by atoms with Crippen LogP contribution >= 0.6 is 15.9 Å². The highest BCUT2D eigenvalue weighted by molar-refractivity contribution is 9.10. The van der Waals surface area contributed by atoms with Crippen molar-refractivity contribution in [3.63, 3.8) is 0 Å². The lowest BCUT2D eigenvalue weighted by atomic mass is 10.2. The molecule has 0 atom stereocenters. The van der Waals surface area contributed by atoms with Gasteiger partial charge in [-0.3, -0.25) is 4.40 Å². The Morgan fingerprint density at radius 3 is 2.57 bits per heavy atom. The smallest absolute Gasteiger partial charge is 0.410 e. The number of nitrogens with zero attached hydrogens (tertiary/aromatic N) is 6. The van der Waals surface area contributed by atoms with E-state index in [9.17, 15) is 4.79 Å². The first-order valence-electron chi connectivity index (χ1n) is 9.25.